The van der Waals surface area contributed by atoms with Crippen molar-refractivity contribution in [3.8, 4) is 22.6 Å². The molecule has 0 amide bonds. The lowest BCUT2D eigenvalue weighted by molar-refractivity contribution is -0.0975. The molecule has 2 aromatic carbocycles. The molecule has 0 spiro atoms. The summed E-state index contributed by atoms with van der Waals surface area (Å²) in [5, 5.41) is 16.1. The number of rotatable bonds is 10. The summed E-state index contributed by atoms with van der Waals surface area (Å²) in [5.74, 6) is 0.462. The van der Waals surface area contributed by atoms with Gasteiger partial charge in [0.1, 0.15) is 11.3 Å². The molecule has 0 bridgehead atoms. The van der Waals surface area contributed by atoms with E-state index in [-0.39, 0.29) is 24.0 Å². The summed E-state index contributed by atoms with van der Waals surface area (Å²) in [6.07, 6.45) is 0.296. The molecule has 40 heavy (non-hydrogen) atoms. The zero-order chi connectivity index (χ0) is 28.2. The Kier molecular flexibility index (Phi) is 8.40. The number of hydrogen-bond donors (Lipinski definition) is 2. The molecular formula is C29H31N3O7S. The van der Waals surface area contributed by atoms with Gasteiger partial charge in [-0.05, 0) is 36.4 Å². The van der Waals surface area contributed by atoms with Crippen molar-refractivity contribution in [2.45, 2.75) is 36.0 Å². The third kappa shape index (κ3) is 6.15. The molecule has 4 aromatic rings. The third-order valence-electron chi connectivity index (χ3n) is 6.91. The number of sulfonamides is 1. The van der Waals surface area contributed by atoms with Crippen molar-refractivity contribution in [3.63, 3.8) is 0 Å². The number of hydrogen-bond acceptors (Lipinski definition) is 9. The van der Waals surface area contributed by atoms with E-state index in [0.717, 1.165) is 24.1 Å². The summed E-state index contributed by atoms with van der Waals surface area (Å²) >= 11 is 0. The van der Waals surface area contributed by atoms with Crippen LogP contribution in [0, 0.1) is 0 Å². The normalized spacial score (nSPS) is 16.1. The lowest BCUT2D eigenvalue weighted by Gasteiger charge is -2.35. The summed E-state index contributed by atoms with van der Waals surface area (Å²) in [7, 11) is -2.15. The summed E-state index contributed by atoms with van der Waals surface area (Å²) in [5.41, 5.74) is 2.92. The zero-order valence-corrected chi connectivity index (χ0v) is 22.8. The van der Waals surface area contributed by atoms with E-state index in [4.69, 9.17) is 28.8 Å². The van der Waals surface area contributed by atoms with Crippen molar-refractivity contribution < 1.29 is 32.2 Å². The molecular weight excluding hydrogens is 534 g/mol. The third-order valence-corrected chi connectivity index (χ3v) is 7.84. The van der Waals surface area contributed by atoms with E-state index in [1.165, 1.54) is 12.1 Å². The Bertz CT molecular complexity index is 1530. The Balaban J connectivity index is 1.32. The van der Waals surface area contributed by atoms with E-state index >= 15 is 0 Å². The minimum absolute atomic E-state index is 0.0170. The molecule has 2 aromatic heterocycles. The summed E-state index contributed by atoms with van der Waals surface area (Å²) in [4.78, 5) is 9.30. The molecule has 210 valence electrons. The molecule has 11 heteroatoms. The number of aliphatic hydroxyl groups is 1. The number of benzene rings is 2. The second-order valence-corrected chi connectivity index (χ2v) is 11.1. The highest BCUT2D eigenvalue weighted by Gasteiger charge is 2.36. The van der Waals surface area contributed by atoms with Crippen molar-refractivity contribution in [1.29, 1.82) is 0 Å². The van der Waals surface area contributed by atoms with Crippen molar-refractivity contribution in [3.05, 3.63) is 90.1 Å². The molecule has 3 heterocycles. The van der Waals surface area contributed by atoms with Gasteiger partial charge in [0.15, 0.2) is 11.9 Å². The Morgan fingerprint density at radius 1 is 0.975 bits per heavy atom. The van der Waals surface area contributed by atoms with Gasteiger partial charge >= 0.3 is 0 Å². The van der Waals surface area contributed by atoms with Crippen LogP contribution in [0.3, 0.4) is 0 Å². The van der Waals surface area contributed by atoms with Crippen LogP contribution in [0.4, 0.5) is 0 Å². The number of pyridine rings is 1. The monoisotopic (exact) mass is 565 g/mol. The predicted octanol–water partition coefficient (Wildman–Crippen LogP) is 3.95. The second kappa shape index (κ2) is 12.0. The summed E-state index contributed by atoms with van der Waals surface area (Å²) in [6.45, 7) is 1.33. The molecule has 1 aliphatic heterocycles. The number of methoxy groups -OCH3 is 1. The smallest absolute Gasteiger partial charge is 0.238 e. The lowest BCUT2D eigenvalue weighted by Crippen LogP contribution is -2.36. The van der Waals surface area contributed by atoms with E-state index in [9.17, 15) is 13.5 Å². The number of nitrogens with two attached hydrogens (primary N) is 1. The highest BCUT2D eigenvalue weighted by atomic mass is 32.2. The Hall–Kier alpha value is -3.45. The van der Waals surface area contributed by atoms with E-state index < -0.39 is 21.7 Å². The van der Waals surface area contributed by atoms with Crippen LogP contribution in [0.2, 0.25) is 0 Å². The van der Waals surface area contributed by atoms with Gasteiger partial charge < -0.3 is 23.7 Å². The van der Waals surface area contributed by atoms with Crippen LogP contribution in [0.1, 0.15) is 36.2 Å². The average molecular weight is 566 g/mol. The first kappa shape index (κ1) is 28.1. The van der Waals surface area contributed by atoms with Crippen molar-refractivity contribution >= 4 is 10.0 Å². The molecule has 3 N–H and O–H groups in total. The van der Waals surface area contributed by atoms with E-state index in [2.05, 4.69) is 4.98 Å². The van der Waals surface area contributed by atoms with Gasteiger partial charge in [-0.25, -0.2) is 18.5 Å². The standard InChI is InChI=1S/C29H31N3O7S/c1-36-29(14-16-37-17-15-29)25-9-5-8-22(31-25)18-38-19-24(33)28-32-26(20-6-3-2-4-7-20)27(39-28)21-10-12-23(13-11-21)40(30,34)35/h2-13,24,33H,14-19H2,1H3,(H2,30,34,35). The number of nitrogens with zero attached hydrogens (tertiary/aromatic N) is 2. The molecule has 0 saturated carbocycles. The van der Waals surface area contributed by atoms with Crippen LogP contribution < -0.4 is 5.14 Å². The molecule has 1 atom stereocenters. The fourth-order valence-corrected chi connectivity index (χ4v) is 5.20. The fraction of sp³-hybridized carbons (Fsp3) is 0.310. The van der Waals surface area contributed by atoms with Gasteiger partial charge in [0.05, 0.1) is 29.5 Å². The fourth-order valence-electron chi connectivity index (χ4n) is 4.69. The van der Waals surface area contributed by atoms with Crippen LogP contribution in [-0.2, 0) is 36.4 Å². The van der Waals surface area contributed by atoms with Crippen molar-refractivity contribution in [2.75, 3.05) is 26.9 Å². The molecule has 10 nitrogen and oxygen atoms in total. The SMILES string of the molecule is COC1(c2cccc(COCC(O)c3nc(-c4ccccc4)c(-c4ccc(S(N)(=O)=O)cc4)o3)n2)CCOCC1. The second-order valence-electron chi connectivity index (χ2n) is 9.52. The largest absolute Gasteiger partial charge is 0.437 e. The highest BCUT2D eigenvalue weighted by molar-refractivity contribution is 7.89. The van der Waals surface area contributed by atoms with Crippen LogP contribution >= 0.6 is 0 Å². The number of primary sulfonamides is 1. The topological polar surface area (TPSA) is 147 Å². The summed E-state index contributed by atoms with van der Waals surface area (Å²) < 4.78 is 46.5. The summed E-state index contributed by atoms with van der Waals surface area (Å²) in [6, 6.07) is 21.1. The maximum atomic E-state index is 11.7. The molecule has 1 saturated heterocycles. The molecule has 0 aliphatic carbocycles. The van der Waals surface area contributed by atoms with Gasteiger partial charge in [0, 0.05) is 44.3 Å². The first-order valence-corrected chi connectivity index (χ1v) is 14.4. The maximum absolute atomic E-state index is 11.7. The van der Waals surface area contributed by atoms with Gasteiger partial charge in [0.2, 0.25) is 15.9 Å². The van der Waals surface area contributed by atoms with Gasteiger partial charge in [0.25, 0.3) is 0 Å². The first-order valence-electron chi connectivity index (χ1n) is 12.8. The minimum atomic E-state index is -3.84. The van der Waals surface area contributed by atoms with Gasteiger partial charge in [-0.3, -0.25) is 4.98 Å². The lowest BCUT2D eigenvalue weighted by atomic mass is 9.90. The molecule has 0 radical (unpaired) electrons. The minimum Gasteiger partial charge on any atom is -0.437 e. The van der Waals surface area contributed by atoms with E-state index in [0.29, 0.717) is 35.9 Å². The number of aromatic nitrogens is 2. The van der Waals surface area contributed by atoms with Gasteiger partial charge in [-0.15, -0.1) is 0 Å². The van der Waals surface area contributed by atoms with Crippen molar-refractivity contribution in [2.24, 2.45) is 5.14 Å². The molecule has 5 rings (SSSR count). The number of oxazole rings is 1. The van der Waals surface area contributed by atoms with Crippen molar-refractivity contribution in [1.82, 2.24) is 9.97 Å². The van der Waals surface area contributed by atoms with Crippen LogP contribution in [-0.4, -0.2) is 50.4 Å². The van der Waals surface area contributed by atoms with Crippen LogP contribution in [0.15, 0.2) is 82.1 Å². The first-order chi connectivity index (χ1) is 19.3. The van der Waals surface area contributed by atoms with Crippen LogP contribution in [0.5, 0.6) is 0 Å². The molecule has 1 unspecified atom stereocenters. The number of ether oxygens (including phenoxy) is 3. The highest BCUT2D eigenvalue weighted by Crippen LogP contribution is 2.36. The molecule has 1 fully saturated rings. The van der Waals surface area contributed by atoms with Crippen LogP contribution in [0.25, 0.3) is 22.6 Å². The Labute approximate surface area is 232 Å². The predicted molar refractivity (Wildman–Crippen MR) is 146 cm³/mol. The quantitative estimate of drug-likeness (QED) is 0.292. The van der Waals surface area contributed by atoms with Gasteiger partial charge in [-0.1, -0.05) is 36.4 Å². The van der Waals surface area contributed by atoms with Gasteiger partial charge in [-0.2, -0.15) is 0 Å². The van der Waals surface area contributed by atoms with E-state index in [1.807, 2.05) is 48.5 Å². The Morgan fingerprint density at radius 2 is 1.70 bits per heavy atom. The zero-order valence-electron chi connectivity index (χ0n) is 22.0. The molecule has 1 aliphatic rings. The Morgan fingerprint density at radius 3 is 2.38 bits per heavy atom. The average Bonchev–Trinajstić information content (AvgIpc) is 3.44. The van der Waals surface area contributed by atoms with E-state index in [1.54, 1.807) is 19.2 Å². The maximum Gasteiger partial charge on any atom is 0.238 e. The number of aliphatic hydroxyl groups excluding tert-OH is 1.